The van der Waals surface area contributed by atoms with Crippen molar-refractivity contribution in [2.75, 3.05) is 14.1 Å². The Morgan fingerprint density at radius 3 is 2.39 bits per heavy atom. The first-order valence-electron chi connectivity index (χ1n) is 10.9. The first-order chi connectivity index (χ1) is 15.3. The third-order valence-electron chi connectivity index (χ3n) is 7.66. The predicted octanol–water partition coefficient (Wildman–Crippen LogP) is -1.29. The van der Waals surface area contributed by atoms with Crippen molar-refractivity contribution in [1.82, 2.24) is 4.90 Å². The average Bonchev–Trinajstić information content (AvgIpc) is 2.70. The van der Waals surface area contributed by atoms with E-state index in [0.717, 1.165) is 0 Å². The summed E-state index contributed by atoms with van der Waals surface area (Å²) in [5.74, 6) is -9.44. The molecule has 10 nitrogen and oxygen atoms in total. The van der Waals surface area contributed by atoms with Gasteiger partial charge in [-0.1, -0.05) is 6.07 Å². The molecule has 1 aromatic rings. The molecule has 2 fully saturated rings. The molecule has 3 aliphatic rings. The van der Waals surface area contributed by atoms with Gasteiger partial charge in [-0.05, 0) is 57.0 Å². The molecule has 0 saturated heterocycles. The number of hydrogen-bond donors (Lipinski definition) is 5. The van der Waals surface area contributed by atoms with Crippen LogP contribution in [0.3, 0.4) is 0 Å². The van der Waals surface area contributed by atoms with E-state index in [1.165, 1.54) is 24.0 Å². The van der Waals surface area contributed by atoms with Gasteiger partial charge >= 0.3 is 0 Å². The molecule has 2 saturated carbocycles. The smallest absolute Gasteiger partial charge is 0.230 e. The lowest BCUT2D eigenvalue weighted by molar-refractivity contribution is -0.190. The number of aliphatic hydroxyl groups excluding tert-OH is 2. The highest BCUT2D eigenvalue weighted by molar-refractivity contribution is 6.25. The van der Waals surface area contributed by atoms with Crippen LogP contribution >= 0.6 is 0 Å². The van der Waals surface area contributed by atoms with Gasteiger partial charge in [0.25, 0.3) is 0 Å². The minimum absolute atomic E-state index is 0.0319. The minimum Gasteiger partial charge on any atom is -0.507 e. The fourth-order valence-corrected chi connectivity index (χ4v) is 6.24. The normalized spacial score (nSPS) is 36.8. The summed E-state index contributed by atoms with van der Waals surface area (Å²) in [7, 11) is 3.17. The van der Waals surface area contributed by atoms with Crippen LogP contribution in [0.1, 0.15) is 40.9 Å². The van der Waals surface area contributed by atoms with Gasteiger partial charge in [0.2, 0.25) is 5.91 Å². The average molecular weight is 460 g/mol. The van der Waals surface area contributed by atoms with Gasteiger partial charge in [0, 0.05) is 12.0 Å². The lowest BCUT2D eigenvalue weighted by atomic mass is 9.52. The van der Waals surface area contributed by atoms with E-state index >= 15 is 0 Å². The Balaban J connectivity index is 1.88. The highest BCUT2D eigenvalue weighted by Crippen LogP contribution is 2.51. The lowest BCUT2D eigenvalue weighted by Crippen LogP contribution is -2.75. The first kappa shape index (κ1) is 23.5. The van der Waals surface area contributed by atoms with E-state index in [1.54, 1.807) is 14.1 Å². The number of carbonyl (C=O) groups excluding carboxylic acids is 4. The number of primary amides is 1. The first-order valence-corrected chi connectivity index (χ1v) is 10.9. The number of Topliss-reactive ketones (excluding diaryl/α,β-unsaturated/α-hetero) is 3. The number of phenolic OH excluding ortho intramolecular Hbond substituents is 1. The third-order valence-corrected chi connectivity index (χ3v) is 7.66. The van der Waals surface area contributed by atoms with Crippen LogP contribution in [-0.4, -0.2) is 80.4 Å². The number of hydrogen-bond acceptors (Lipinski definition) is 9. The van der Waals surface area contributed by atoms with Crippen molar-refractivity contribution in [3.05, 3.63) is 28.8 Å². The highest BCUT2D eigenvalue weighted by Gasteiger charge is 2.69. The zero-order valence-corrected chi connectivity index (χ0v) is 18.6. The number of ketones is 3. The van der Waals surface area contributed by atoms with Gasteiger partial charge in [0.15, 0.2) is 23.0 Å². The number of aliphatic hydroxyl groups is 3. The maximum Gasteiger partial charge on any atom is 0.230 e. The van der Waals surface area contributed by atoms with E-state index < -0.39 is 70.8 Å². The van der Waals surface area contributed by atoms with Crippen LogP contribution in [0.15, 0.2) is 12.1 Å². The minimum atomic E-state index is -2.68. The summed E-state index contributed by atoms with van der Waals surface area (Å²) < 4.78 is 0. The zero-order valence-electron chi connectivity index (χ0n) is 18.6. The molecule has 0 radical (unpaired) electrons. The monoisotopic (exact) mass is 460 g/mol. The molecule has 4 rings (SSSR count). The van der Waals surface area contributed by atoms with Crippen molar-refractivity contribution in [3.8, 4) is 5.75 Å². The predicted molar refractivity (Wildman–Crippen MR) is 113 cm³/mol. The Hall–Kier alpha value is -2.66. The summed E-state index contributed by atoms with van der Waals surface area (Å²) in [5.41, 5.74) is 3.42. The number of fused-ring (bicyclic) bond motifs is 3. The number of nitrogens with two attached hydrogens (primary N) is 1. The van der Waals surface area contributed by atoms with Crippen LogP contribution in [0.4, 0.5) is 0 Å². The van der Waals surface area contributed by atoms with E-state index in [0.29, 0.717) is 11.1 Å². The van der Waals surface area contributed by atoms with Crippen molar-refractivity contribution < 1.29 is 39.6 Å². The van der Waals surface area contributed by atoms with Crippen LogP contribution in [-0.2, 0) is 20.8 Å². The maximum atomic E-state index is 13.6. The second-order valence-corrected chi connectivity index (χ2v) is 9.67. The van der Waals surface area contributed by atoms with E-state index in [-0.39, 0.29) is 24.2 Å². The molecule has 10 heteroatoms. The molecule has 6 N–H and O–H groups in total. The van der Waals surface area contributed by atoms with Gasteiger partial charge < -0.3 is 31.1 Å². The number of nitrogens with zero attached hydrogens (tertiary/aromatic N) is 1. The Bertz CT molecular complexity index is 1070. The second kappa shape index (κ2) is 7.69. The van der Waals surface area contributed by atoms with Gasteiger partial charge in [-0.15, -0.1) is 0 Å². The molecule has 1 amide bonds. The van der Waals surface area contributed by atoms with Gasteiger partial charge in [-0.2, -0.15) is 0 Å². The SMILES string of the molecule is CC(O)c1ccc(O)c2c1C[C@@H]1C[C@@H]3[C@@H](N(C)C)C(O)C(C(N)=O)C(=O)[C@]3(O)C(=O)C1C2=O. The van der Waals surface area contributed by atoms with E-state index in [2.05, 4.69) is 0 Å². The van der Waals surface area contributed by atoms with Crippen molar-refractivity contribution in [1.29, 1.82) is 0 Å². The molecule has 0 aliphatic heterocycles. The standard InChI is InChI=1S/C23H28N2O8/c1-8(26)10-4-5-13(27)15-11(10)6-9-7-12-17(25(2)3)19(29)16(22(24)32)21(31)23(12,33)20(30)14(9)18(15)28/h4-5,8-9,12,14,16-17,19,26-27,29,33H,6-7H2,1-3H3,(H2,24,32)/t8?,9-,12-,14?,16?,17-,19?,23-/m1/s1. The van der Waals surface area contributed by atoms with Crippen LogP contribution in [0.5, 0.6) is 5.75 Å². The van der Waals surface area contributed by atoms with Crippen molar-refractivity contribution >= 4 is 23.3 Å². The number of carbonyl (C=O) groups is 4. The molecule has 178 valence electrons. The number of rotatable bonds is 3. The van der Waals surface area contributed by atoms with Crippen LogP contribution in [0.2, 0.25) is 0 Å². The molecule has 0 spiro atoms. The highest BCUT2D eigenvalue weighted by atomic mass is 16.3. The Kier molecular flexibility index (Phi) is 5.48. The van der Waals surface area contributed by atoms with Crippen molar-refractivity contribution in [2.45, 2.75) is 43.6 Å². The Labute approximate surface area is 190 Å². The third kappa shape index (κ3) is 3.08. The zero-order chi connectivity index (χ0) is 24.6. The number of benzene rings is 1. The molecule has 0 heterocycles. The molecule has 3 aliphatic carbocycles. The van der Waals surface area contributed by atoms with Gasteiger partial charge in [0.1, 0.15) is 11.7 Å². The molecular weight excluding hydrogens is 432 g/mol. The Morgan fingerprint density at radius 2 is 1.85 bits per heavy atom. The number of aromatic hydroxyl groups is 1. The van der Waals surface area contributed by atoms with Crippen LogP contribution in [0.25, 0.3) is 0 Å². The molecule has 8 atom stereocenters. The summed E-state index contributed by atoms with van der Waals surface area (Å²) in [4.78, 5) is 53.8. The quantitative estimate of drug-likeness (QED) is 0.343. The van der Waals surface area contributed by atoms with Gasteiger partial charge in [0.05, 0.1) is 23.7 Å². The molecular formula is C23H28N2O8. The van der Waals surface area contributed by atoms with E-state index in [9.17, 15) is 39.6 Å². The van der Waals surface area contributed by atoms with Crippen molar-refractivity contribution in [3.63, 3.8) is 0 Å². The summed E-state index contributed by atoms with van der Waals surface area (Å²) in [5, 5.41) is 42.9. The molecule has 1 aromatic carbocycles. The Morgan fingerprint density at radius 1 is 1.21 bits per heavy atom. The number of likely N-dealkylation sites (N-methyl/N-ethyl adjacent to an activating group) is 1. The van der Waals surface area contributed by atoms with Crippen LogP contribution in [0, 0.1) is 23.7 Å². The second-order valence-electron chi connectivity index (χ2n) is 9.67. The summed E-state index contributed by atoms with van der Waals surface area (Å²) in [6, 6.07) is 1.82. The van der Waals surface area contributed by atoms with Gasteiger partial charge in [-0.25, -0.2) is 0 Å². The van der Waals surface area contributed by atoms with E-state index in [4.69, 9.17) is 5.73 Å². The topological polar surface area (TPSA) is 178 Å². The molecule has 4 unspecified atom stereocenters. The fourth-order valence-electron chi connectivity index (χ4n) is 6.24. The summed E-state index contributed by atoms with van der Waals surface area (Å²) >= 11 is 0. The molecule has 33 heavy (non-hydrogen) atoms. The summed E-state index contributed by atoms with van der Waals surface area (Å²) in [6.07, 6.45) is -2.28. The summed E-state index contributed by atoms with van der Waals surface area (Å²) in [6.45, 7) is 1.52. The van der Waals surface area contributed by atoms with Crippen molar-refractivity contribution in [2.24, 2.45) is 29.4 Å². The fraction of sp³-hybridized carbons (Fsp3) is 0.565. The van der Waals surface area contributed by atoms with E-state index in [1.807, 2.05) is 0 Å². The molecule has 0 aromatic heterocycles. The molecule has 0 bridgehead atoms. The number of phenols is 1. The number of amides is 1. The largest absolute Gasteiger partial charge is 0.507 e. The maximum absolute atomic E-state index is 13.6. The van der Waals surface area contributed by atoms with Gasteiger partial charge in [-0.3, -0.25) is 19.2 Å². The lowest BCUT2D eigenvalue weighted by Gasteiger charge is -2.54. The van der Waals surface area contributed by atoms with Crippen LogP contribution < -0.4 is 5.73 Å².